The topological polar surface area (TPSA) is 21.6 Å². The van der Waals surface area contributed by atoms with Crippen molar-refractivity contribution >= 4 is 21.6 Å². The number of hydrogen-bond donors (Lipinski definition) is 0. The maximum Gasteiger partial charge on any atom is 0.142 e. The molecule has 0 fully saturated rings. The fourth-order valence-electron chi connectivity index (χ4n) is 0.817. The molecule has 0 atom stereocenters. The summed E-state index contributed by atoms with van der Waals surface area (Å²) in [6, 6.07) is 7.98. The van der Waals surface area contributed by atoms with Gasteiger partial charge in [-0.3, -0.25) is 0 Å². The first-order valence-electron chi connectivity index (χ1n) is 4.06. The van der Waals surface area contributed by atoms with Crippen molar-refractivity contribution in [2.75, 3.05) is 0 Å². The van der Waals surface area contributed by atoms with E-state index in [1.807, 2.05) is 38.1 Å². The second-order valence-electron chi connectivity index (χ2n) is 2.94. The van der Waals surface area contributed by atoms with Gasteiger partial charge in [0.1, 0.15) is 6.61 Å². The van der Waals surface area contributed by atoms with Crippen molar-refractivity contribution in [3.05, 3.63) is 34.3 Å². The molecule has 0 aromatic heterocycles. The van der Waals surface area contributed by atoms with Gasteiger partial charge in [-0.2, -0.15) is 0 Å². The minimum absolute atomic E-state index is 0.526. The van der Waals surface area contributed by atoms with Crippen LogP contribution in [0.2, 0.25) is 0 Å². The van der Waals surface area contributed by atoms with Crippen molar-refractivity contribution in [2.24, 2.45) is 5.16 Å². The summed E-state index contributed by atoms with van der Waals surface area (Å²) in [6.07, 6.45) is 0. The van der Waals surface area contributed by atoms with E-state index in [1.165, 1.54) is 0 Å². The predicted molar refractivity (Wildman–Crippen MR) is 57.7 cm³/mol. The van der Waals surface area contributed by atoms with E-state index in [0.717, 1.165) is 15.7 Å². The molecule has 0 N–H and O–H groups in total. The van der Waals surface area contributed by atoms with Gasteiger partial charge >= 0.3 is 0 Å². The Hall–Kier alpha value is -0.830. The molecule has 0 saturated carbocycles. The Morgan fingerprint density at radius 2 is 1.92 bits per heavy atom. The standard InChI is InChI=1S/C10H12BrNO/c1-8(2)12-13-7-9-3-5-10(11)6-4-9/h3-6H,7H2,1-2H3. The third kappa shape index (κ3) is 4.08. The molecule has 0 heterocycles. The minimum atomic E-state index is 0.526. The van der Waals surface area contributed by atoms with Gasteiger partial charge in [0.25, 0.3) is 0 Å². The Bertz CT molecular complexity index is 288. The van der Waals surface area contributed by atoms with Gasteiger partial charge in [0, 0.05) is 4.47 Å². The fourth-order valence-corrected chi connectivity index (χ4v) is 1.08. The van der Waals surface area contributed by atoms with E-state index >= 15 is 0 Å². The van der Waals surface area contributed by atoms with Crippen LogP contribution in [0.15, 0.2) is 33.9 Å². The highest BCUT2D eigenvalue weighted by Gasteiger charge is 1.92. The zero-order chi connectivity index (χ0) is 9.68. The highest BCUT2D eigenvalue weighted by atomic mass is 79.9. The van der Waals surface area contributed by atoms with Crippen molar-refractivity contribution in [3.63, 3.8) is 0 Å². The van der Waals surface area contributed by atoms with E-state index in [-0.39, 0.29) is 0 Å². The van der Waals surface area contributed by atoms with Crippen molar-refractivity contribution in [3.8, 4) is 0 Å². The van der Waals surface area contributed by atoms with Crippen molar-refractivity contribution < 1.29 is 4.84 Å². The average molecular weight is 242 g/mol. The molecule has 0 spiro atoms. The van der Waals surface area contributed by atoms with Crippen LogP contribution in [0.4, 0.5) is 0 Å². The normalized spacial score (nSPS) is 9.46. The molecule has 0 unspecified atom stereocenters. The summed E-state index contributed by atoms with van der Waals surface area (Å²) in [6.45, 7) is 4.33. The molecule has 0 amide bonds. The summed E-state index contributed by atoms with van der Waals surface area (Å²) >= 11 is 3.37. The molecular formula is C10H12BrNO. The summed E-state index contributed by atoms with van der Waals surface area (Å²) < 4.78 is 1.08. The van der Waals surface area contributed by atoms with Gasteiger partial charge in [0.05, 0.1) is 5.71 Å². The molecule has 2 nitrogen and oxygen atoms in total. The van der Waals surface area contributed by atoms with Crippen LogP contribution in [0.3, 0.4) is 0 Å². The summed E-state index contributed by atoms with van der Waals surface area (Å²) in [7, 11) is 0. The zero-order valence-corrected chi connectivity index (χ0v) is 9.34. The van der Waals surface area contributed by atoms with Crippen LogP contribution >= 0.6 is 15.9 Å². The van der Waals surface area contributed by atoms with Crippen molar-refractivity contribution in [2.45, 2.75) is 20.5 Å². The maximum atomic E-state index is 5.09. The third-order valence-electron chi connectivity index (χ3n) is 1.39. The van der Waals surface area contributed by atoms with E-state index in [9.17, 15) is 0 Å². The number of hydrogen-bond acceptors (Lipinski definition) is 2. The van der Waals surface area contributed by atoms with Gasteiger partial charge in [-0.05, 0) is 31.5 Å². The lowest BCUT2D eigenvalue weighted by atomic mass is 10.2. The van der Waals surface area contributed by atoms with E-state index in [0.29, 0.717) is 6.61 Å². The molecule has 13 heavy (non-hydrogen) atoms. The molecule has 3 heteroatoms. The number of halogens is 1. The van der Waals surface area contributed by atoms with Gasteiger partial charge in [0.15, 0.2) is 0 Å². The SMILES string of the molecule is CC(C)=NOCc1ccc(Br)cc1. The van der Waals surface area contributed by atoms with E-state index in [4.69, 9.17) is 4.84 Å². The predicted octanol–water partition coefficient (Wildman–Crippen LogP) is 3.36. The first-order chi connectivity index (χ1) is 6.18. The maximum absolute atomic E-state index is 5.09. The van der Waals surface area contributed by atoms with Gasteiger partial charge in [-0.25, -0.2) is 0 Å². The van der Waals surface area contributed by atoms with Gasteiger partial charge in [-0.15, -0.1) is 0 Å². The first-order valence-corrected chi connectivity index (χ1v) is 4.85. The summed E-state index contributed by atoms with van der Waals surface area (Å²) in [5.74, 6) is 0. The first kappa shape index (κ1) is 10.3. The highest BCUT2D eigenvalue weighted by Crippen LogP contribution is 2.11. The van der Waals surface area contributed by atoms with Crippen molar-refractivity contribution in [1.82, 2.24) is 0 Å². The largest absolute Gasteiger partial charge is 0.391 e. The molecule has 1 aromatic rings. The third-order valence-corrected chi connectivity index (χ3v) is 1.92. The molecule has 1 aromatic carbocycles. The Kier molecular flexibility index (Phi) is 3.96. The van der Waals surface area contributed by atoms with Crippen LogP contribution in [0.5, 0.6) is 0 Å². The number of oxime groups is 1. The lowest BCUT2D eigenvalue weighted by Gasteiger charge is -2.00. The Morgan fingerprint density at radius 1 is 1.31 bits per heavy atom. The number of nitrogens with zero attached hydrogens (tertiary/aromatic N) is 1. The monoisotopic (exact) mass is 241 g/mol. The molecule has 1 rings (SSSR count). The molecule has 70 valence electrons. The molecule has 0 radical (unpaired) electrons. The molecular weight excluding hydrogens is 230 g/mol. The number of rotatable bonds is 3. The van der Waals surface area contributed by atoms with Crippen LogP contribution in [0, 0.1) is 0 Å². The molecule has 0 saturated heterocycles. The van der Waals surface area contributed by atoms with E-state index in [2.05, 4.69) is 21.1 Å². The highest BCUT2D eigenvalue weighted by molar-refractivity contribution is 9.10. The van der Waals surface area contributed by atoms with Crippen LogP contribution < -0.4 is 0 Å². The lowest BCUT2D eigenvalue weighted by molar-refractivity contribution is 0.130. The van der Waals surface area contributed by atoms with E-state index in [1.54, 1.807) is 0 Å². The summed E-state index contributed by atoms with van der Waals surface area (Å²) in [5.41, 5.74) is 2.05. The summed E-state index contributed by atoms with van der Waals surface area (Å²) in [5, 5.41) is 3.85. The van der Waals surface area contributed by atoms with Crippen molar-refractivity contribution in [1.29, 1.82) is 0 Å². The Labute approximate surface area is 86.7 Å². The van der Waals surface area contributed by atoms with Crippen LogP contribution in [0.1, 0.15) is 19.4 Å². The van der Waals surface area contributed by atoms with E-state index < -0.39 is 0 Å². The second-order valence-corrected chi connectivity index (χ2v) is 3.85. The second kappa shape index (κ2) is 5.02. The quantitative estimate of drug-likeness (QED) is 0.588. The molecule has 0 aliphatic heterocycles. The average Bonchev–Trinajstić information content (AvgIpc) is 2.08. The molecule has 0 aliphatic rings. The number of benzene rings is 1. The van der Waals surface area contributed by atoms with Gasteiger partial charge in [-0.1, -0.05) is 33.2 Å². The Balaban J connectivity index is 2.46. The lowest BCUT2D eigenvalue weighted by Crippen LogP contribution is -1.89. The van der Waals surface area contributed by atoms with Crippen LogP contribution in [-0.2, 0) is 11.4 Å². The zero-order valence-electron chi connectivity index (χ0n) is 7.75. The minimum Gasteiger partial charge on any atom is -0.391 e. The van der Waals surface area contributed by atoms with Crippen LogP contribution in [0.25, 0.3) is 0 Å². The van der Waals surface area contributed by atoms with Gasteiger partial charge < -0.3 is 4.84 Å². The van der Waals surface area contributed by atoms with Crippen LogP contribution in [-0.4, -0.2) is 5.71 Å². The van der Waals surface area contributed by atoms with Gasteiger partial charge in [0.2, 0.25) is 0 Å². The smallest absolute Gasteiger partial charge is 0.142 e. The Morgan fingerprint density at radius 3 is 2.46 bits per heavy atom. The molecule has 0 aliphatic carbocycles. The fraction of sp³-hybridized carbons (Fsp3) is 0.300. The summed E-state index contributed by atoms with van der Waals surface area (Å²) in [4.78, 5) is 5.09. The molecule has 0 bridgehead atoms.